The molecule has 5 nitrogen and oxygen atoms in total. The van der Waals surface area contributed by atoms with Gasteiger partial charge in [-0.25, -0.2) is 13.1 Å². The van der Waals surface area contributed by atoms with Crippen LogP contribution < -0.4 is 4.72 Å². The Balaban J connectivity index is 2.04. The van der Waals surface area contributed by atoms with Crippen LogP contribution in [-0.4, -0.2) is 24.7 Å². The maximum absolute atomic E-state index is 12.0. The lowest BCUT2D eigenvalue weighted by Gasteiger charge is -2.13. The number of H-pyrrole nitrogens is 1. The SMILES string of the molecule is CC(Cc1cccc(Cl)c1)NS(=O)(=O)c1ccn[nH]1. The Morgan fingerprint density at radius 3 is 2.84 bits per heavy atom. The molecule has 2 rings (SSSR count). The van der Waals surface area contributed by atoms with Gasteiger partial charge < -0.3 is 0 Å². The molecule has 0 spiro atoms. The van der Waals surface area contributed by atoms with Crippen molar-refractivity contribution in [3.05, 3.63) is 47.1 Å². The van der Waals surface area contributed by atoms with Gasteiger partial charge in [-0.05, 0) is 37.1 Å². The summed E-state index contributed by atoms with van der Waals surface area (Å²) in [6.45, 7) is 1.80. The van der Waals surface area contributed by atoms with Crippen molar-refractivity contribution in [2.45, 2.75) is 24.4 Å². The van der Waals surface area contributed by atoms with Crippen molar-refractivity contribution >= 4 is 21.6 Å². The van der Waals surface area contributed by atoms with Gasteiger partial charge in [0.15, 0.2) is 5.03 Å². The van der Waals surface area contributed by atoms with Crippen molar-refractivity contribution in [3.8, 4) is 0 Å². The number of sulfonamides is 1. The molecule has 1 aromatic carbocycles. The summed E-state index contributed by atoms with van der Waals surface area (Å²) in [5, 5.41) is 6.76. The Hall–Kier alpha value is -1.37. The first-order valence-electron chi connectivity index (χ1n) is 5.73. The molecule has 7 heteroatoms. The second-order valence-corrected chi connectivity index (χ2v) is 6.40. The molecule has 2 aromatic rings. The Morgan fingerprint density at radius 1 is 1.42 bits per heavy atom. The quantitative estimate of drug-likeness (QED) is 0.886. The molecule has 0 radical (unpaired) electrons. The monoisotopic (exact) mass is 299 g/mol. The van der Waals surface area contributed by atoms with Crippen LogP contribution in [0.1, 0.15) is 12.5 Å². The van der Waals surface area contributed by atoms with E-state index in [-0.39, 0.29) is 11.1 Å². The van der Waals surface area contributed by atoms with Gasteiger partial charge in [-0.2, -0.15) is 5.10 Å². The predicted octanol–water partition coefficient (Wildman–Crippen LogP) is 1.97. The summed E-state index contributed by atoms with van der Waals surface area (Å²) < 4.78 is 26.5. The van der Waals surface area contributed by atoms with Gasteiger partial charge >= 0.3 is 0 Å². The minimum Gasteiger partial charge on any atom is -0.266 e. The molecule has 0 saturated carbocycles. The van der Waals surface area contributed by atoms with E-state index in [9.17, 15) is 8.42 Å². The highest BCUT2D eigenvalue weighted by atomic mass is 35.5. The molecule has 2 N–H and O–H groups in total. The number of aromatic amines is 1. The van der Waals surface area contributed by atoms with E-state index in [1.807, 2.05) is 18.2 Å². The summed E-state index contributed by atoms with van der Waals surface area (Å²) in [7, 11) is -3.55. The average molecular weight is 300 g/mol. The number of rotatable bonds is 5. The van der Waals surface area contributed by atoms with Gasteiger partial charge in [-0.1, -0.05) is 23.7 Å². The van der Waals surface area contributed by atoms with Gasteiger partial charge in [0, 0.05) is 11.1 Å². The molecule has 1 atom stereocenters. The van der Waals surface area contributed by atoms with Crippen LogP contribution >= 0.6 is 11.6 Å². The summed E-state index contributed by atoms with van der Waals surface area (Å²) in [4.78, 5) is 0. The molecular formula is C12H14ClN3O2S. The fourth-order valence-corrected chi connectivity index (χ4v) is 3.15. The fraction of sp³-hybridized carbons (Fsp3) is 0.250. The first-order valence-corrected chi connectivity index (χ1v) is 7.59. The standard InChI is InChI=1S/C12H14ClN3O2S/c1-9(7-10-3-2-4-11(13)8-10)16-19(17,18)12-5-6-14-15-12/h2-6,8-9,16H,7H2,1H3,(H,14,15). The van der Waals surface area contributed by atoms with Gasteiger partial charge in [0.2, 0.25) is 0 Å². The summed E-state index contributed by atoms with van der Waals surface area (Å²) in [6.07, 6.45) is 1.96. The molecule has 19 heavy (non-hydrogen) atoms. The van der Waals surface area contributed by atoms with Crippen molar-refractivity contribution in [3.63, 3.8) is 0 Å². The molecule has 0 bridgehead atoms. The topological polar surface area (TPSA) is 74.8 Å². The molecule has 1 aromatic heterocycles. The molecule has 0 amide bonds. The summed E-state index contributed by atoms with van der Waals surface area (Å²) in [6, 6.07) is 8.52. The number of hydrogen-bond donors (Lipinski definition) is 2. The van der Waals surface area contributed by atoms with Gasteiger partial charge in [0.05, 0.1) is 6.20 Å². The van der Waals surface area contributed by atoms with Crippen LogP contribution in [-0.2, 0) is 16.4 Å². The zero-order valence-corrected chi connectivity index (χ0v) is 11.9. The first kappa shape index (κ1) is 14.0. The number of benzene rings is 1. The van der Waals surface area contributed by atoms with Crippen LogP contribution in [0.25, 0.3) is 0 Å². The van der Waals surface area contributed by atoms with Crippen LogP contribution in [0.2, 0.25) is 5.02 Å². The zero-order valence-electron chi connectivity index (χ0n) is 10.3. The van der Waals surface area contributed by atoms with Gasteiger partial charge in [-0.15, -0.1) is 0 Å². The van der Waals surface area contributed by atoms with Crippen LogP contribution in [0, 0.1) is 0 Å². The van der Waals surface area contributed by atoms with Crippen LogP contribution in [0.4, 0.5) is 0 Å². The highest BCUT2D eigenvalue weighted by molar-refractivity contribution is 7.89. The van der Waals surface area contributed by atoms with Gasteiger partial charge in [-0.3, -0.25) is 5.10 Å². The van der Waals surface area contributed by atoms with E-state index in [1.54, 1.807) is 13.0 Å². The molecule has 1 unspecified atom stereocenters. The van der Waals surface area contributed by atoms with E-state index in [0.29, 0.717) is 11.4 Å². The van der Waals surface area contributed by atoms with Crippen molar-refractivity contribution in [2.75, 3.05) is 0 Å². The number of hydrogen-bond acceptors (Lipinski definition) is 3. The van der Waals surface area contributed by atoms with Gasteiger partial charge in [0.25, 0.3) is 10.0 Å². The van der Waals surface area contributed by atoms with Crippen molar-refractivity contribution in [2.24, 2.45) is 0 Å². The average Bonchev–Trinajstić information content (AvgIpc) is 2.81. The number of nitrogens with zero attached hydrogens (tertiary/aromatic N) is 1. The lowest BCUT2D eigenvalue weighted by atomic mass is 10.1. The number of halogens is 1. The van der Waals surface area contributed by atoms with Crippen molar-refractivity contribution in [1.82, 2.24) is 14.9 Å². The largest absolute Gasteiger partial charge is 0.266 e. The van der Waals surface area contributed by atoms with E-state index in [1.165, 1.54) is 12.3 Å². The zero-order chi connectivity index (χ0) is 13.9. The molecule has 0 saturated heterocycles. The minimum atomic E-state index is -3.55. The van der Waals surface area contributed by atoms with Gasteiger partial charge in [0.1, 0.15) is 0 Å². The normalized spacial score (nSPS) is 13.4. The second kappa shape index (κ2) is 5.73. The molecule has 0 aliphatic heterocycles. The van der Waals surface area contributed by atoms with E-state index in [4.69, 9.17) is 11.6 Å². The predicted molar refractivity (Wildman–Crippen MR) is 73.5 cm³/mol. The van der Waals surface area contributed by atoms with Crippen LogP contribution in [0.3, 0.4) is 0 Å². The molecule has 102 valence electrons. The Labute approximate surface area is 117 Å². The lowest BCUT2D eigenvalue weighted by Crippen LogP contribution is -2.34. The Morgan fingerprint density at radius 2 is 2.21 bits per heavy atom. The third kappa shape index (κ3) is 3.79. The Bertz CT molecular complexity index is 641. The van der Waals surface area contributed by atoms with Crippen LogP contribution in [0.15, 0.2) is 41.6 Å². The first-order chi connectivity index (χ1) is 8.97. The molecule has 0 aliphatic rings. The maximum atomic E-state index is 12.0. The fourth-order valence-electron chi connectivity index (χ4n) is 1.78. The highest BCUT2D eigenvalue weighted by Crippen LogP contribution is 2.13. The molecular weight excluding hydrogens is 286 g/mol. The van der Waals surface area contributed by atoms with Crippen molar-refractivity contribution < 1.29 is 8.42 Å². The third-order valence-electron chi connectivity index (χ3n) is 2.55. The van der Waals surface area contributed by atoms with E-state index < -0.39 is 10.0 Å². The van der Waals surface area contributed by atoms with E-state index in [0.717, 1.165) is 5.56 Å². The number of nitrogens with one attached hydrogen (secondary N) is 2. The molecule has 0 aliphatic carbocycles. The van der Waals surface area contributed by atoms with Crippen molar-refractivity contribution in [1.29, 1.82) is 0 Å². The smallest absolute Gasteiger partial charge is 0.257 e. The summed E-state index contributed by atoms with van der Waals surface area (Å²) >= 11 is 5.89. The second-order valence-electron chi connectivity index (χ2n) is 4.28. The highest BCUT2D eigenvalue weighted by Gasteiger charge is 2.18. The summed E-state index contributed by atoms with van der Waals surface area (Å²) in [5.74, 6) is 0. The van der Waals surface area contributed by atoms with E-state index in [2.05, 4.69) is 14.9 Å². The lowest BCUT2D eigenvalue weighted by molar-refractivity contribution is 0.556. The molecule has 0 fully saturated rings. The Kier molecular flexibility index (Phi) is 4.24. The number of aromatic nitrogens is 2. The summed E-state index contributed by atoms with van der Waals surface area (Å²) in [5.41, 5.74) is 0.979. The van der Waals surface area contributed by atoms with E-state index >= 15 is 0 Å². The minimum absolute atomic E-state index is 0.0606. The maximum Gasteiger partial charge on any atom is 0.257 e. The third-order valence-corrected chi connectivity index (χ3v) is 4.31. The van der Waals surface area contributed by atoms with Crippen LogP contribution in [0.5, 0.6) is 0 Å². The molecule has 1 heterocycles.